The SMILES string of the molecule is CCNC(=O)N(CC(=O)N1CCN(c2ccc(-c3cccc(OC)c3)nn2)CC1)Cc1ccc(F)cc1. The topological polar surface area (TPSA) is 90.9 Å². The normalized spacial score (nSPS) is 13.3. The maximum atomic E-state index is 13.3. The highest BCUT2D eigenvalue weighted by Crippen LogP contribution is 2.23. The summed E-state index contributed by atoms with van der Waals surface area (Å²) in [6.45, 7) is 4.67. The average Bonchev–Trinajstić information content (AvgIpc) is 2.94. The van der Waals surface area contributed by atoms with Gasteiger partial charge in [0.1, 0.15) is 18.1 Å². The molecule has 2 aromatic carbocycles. The van der Waals surface area contributed by atoms with Crippen LogP contribution in [-0.4, -0.2) is 78.3 Å². The van der Waals surface area contributed by atoms with E-state index < -0.39 is 0 Å². The van der Waals surface area contributed by atoms with Crippen LogP contribution in [0.1, 0.15) is 12.5 Å². The van der Waals surface area contributed by atoms with Crippen LogP contribution in [0, 0.1) is 5.82 Å². The maximum Gasteiger partial charge on any atom is 0.318 e. The molecule has 1 saturated heterocycles. The number of hydrogen-bond acceptors (Lipinski definition) is 6. The van der Waals surface area contributed by atoms with Crippen molar-refractivity contribution in [1.29, 1.82) is 0 Å². The number of benzene rings is 2. The standard InChI is InChI=1S/C27H31FN6O3/c1-3-29-27(36)34(18-20-7-9-22(28)10-8-20)19-26(35)33-15-13-32(14-16-33)25-12-11-24(30-31-25)21-5-4-6-23(17-21)37-2/h4-12,17H,3,13-16,18-19H2,1-2H3,(H,29,36). The molecule has 9 nitrogen and oxygen atoms in total. The molecule has 0 radical (unpaired) electrons. The second kappa shape index (κ2) is 12.2. The number of nitrogens with one attached hydrogen (secondary N) is 1. The van der Waals surface area contributed by atoms with E-state index in [4.69, 9.17) is 4.74 Å². The van der Waals surface area contributed by atoms with Crippen LogP contribution in [0.3, 0.4) is 0 Å². The van der Waals surface area contributed by atoms with E-state index in [0.29, 0.717) is 32.7 Å². The Kier molecular flexibility index (Phi) is 8.50. The summed E-state index contributed by atoms with van der Waals surface area (Å²) in [6, 6.07) is 17.1. The smallest absolute Gasteiger partial charge is 0.318 e. The van der Waals surface area contributed by atoms with Crippen molar-refractivity contribution in [2.24, 2.45) is 0 Å². The minimum absolute atomic E-state index is 0.0573. The Hall–Kier alpha value is -4.21. The average molecular weight is 507 g/mol. The maximum absolute atomic E-state index is 13.3. The van der Waals surface area contributed by atoms with Crippen molar-refractivity contribution in [2.75, 3.05) is 51.3 Å². The number of hydrogen-bond donors (Lipinski definition) is 1. The van der Waals surface area contributed by atoms with E-state index in [9.17, 15) is 14.0 Å². The Morgan fingerprint density at radius 3 is 2.43 bits per heavy atom. The van der Waals surface area contributed by atoms with Gasteiger partial charge in [-0.3, -0.25) is 4.79 Å². The number of urea groups is 1. The summed E-state index contributed by atoms with van der Waals surface area (Å²) in [5.41, 5.74) is 2.43. The minimum atomic E-state index is -0.345. The van der Waals surface area contributed by atoms with Gasteiger partial charge in [-0.25, -0.2) is 9.18 Å². The van der Waals surface area contributed by atoms with E-state index in [0.717, 1.165) is 28.4 Å². The van der Waals surface area contributed by atoms with Crippen LogP contribution >= 0.6 is 0 Å². The van der Waals surface area contributed by atoms with Gasteiger partial charge in [-0.05, 0) is 48.9 Å². The molecule has 0 saturated carbocycles. The summed E-state index contributed by atoms with van der Waals surface area (Å²) in [4.78, 5) is 30.9. The van der Waals surface area contributed by atoms with Gasteiger partial charge >= 0.3 is 6.03 Å². The number of nitrogens with zero attached hydrogens (tertiary/aromatic N) is 5. The Morgan fingerprint density at radius 1 is 1.03 bits per heavy atom. The van der Waals surface area contributed by atoms with Crippen LogP contribution in [0.2, 0.25) is 0 Å². The lowest BCUT2D eigenvalue weighted by Gasteiger charge is -2.36. The molecule has 10 heteroatoms. The van der Waals surface area contributed by atoms with E-state index in [2.05, 4.69) is 20.4 Å². The molecular weight excluding hydrogens is 475 g/mol. The number of aromatic nitrogens is 2. The van der Waals surface area contributed by atoms with Crippen LogP contribution in [-0.2, 0) is 11.3 Å². The molecule has 1 aromatic heterocycles. The Morgan fingerprint density at radius 2 is 1.78 bits per heavy atom. The lowest BCUT2D eigenvalue weighted by molar-refractivity contribution is -0.132. The zero-order valence-electron chi connectivity index (χ0n) is 21.1. The van der Waals surface area contributed by atoms with Crippen molar-refractivity contribution in [1.82, 2.24) is 25.3 Å². The fourth-order valence-corrected chi connectivity index (χ4v) is 4.15. The van der Waals surface area contributed by atoms with Crippen molar-refractivity contribution in [2.45, 2.75) is 13.5 Å². The zero-order chi connectivity index (χ0) is 26.2. The summed E-state index contributed by atoms with van der Waals surface area (Å²) in [5.74, 6) is 1.03. The molecule has 1 fully saturated rings. The molecular formula is C27H31FN6O3. The Labute approximate surface area is 215 Å². The van der Waals surface area contributed by atoms with Crippen molar-refractivity contribution in [3.05, 3.63) is 72.0 Å². The number of halogens is 1. The number of amides is 3. The number of piperazine rings is 1. The van der Waals surface area contributed by atoms with Crippen LogP contribution in [0.15, 0.2) is 60.7 Å². The van der Waals surface area contributed by atoms with E-state index in [1.807, 2.05) is 43.3 Å². The molecule has 3 amide bonds. The van der Waals surface area contributed by atoms with Crippen molar-refractivity contribution < 1.29 is 18.7 Å². The molecule has 37 heavy (non-hydrogen) atoms. The van der Waals surface area contributed by atoms with Gasteiger partial charge in [-0.2, -0.15) is 0 Å². The summed E-state index contributed by atoms with van der Waals surface area (Å²) in [7, 11) is 1.63. The predicted molar refractivity (Wildman–Crippen MR) is 139 cm³/mol. The summed E-state index contributed by atoms with van der Waals surface area (Å²) >= 11 is 0. The number of carbonyl (C=O) groups excluding carboxylic acids is 2. The predicted octanol–water partition coefficient (Wildman–Crippen LogP) is 3.17. The molecule has 1 aliphatic heterocycles. The van der Waals surface area contributed by atoms with Crippen molar-refractivity contribution in [3.63, 3.8) is 0 Å². The summed E-state index contributed by atoms with van der Waals surface area (Å²) in [5, 5.41) is 11.5. The van der Waals surface area contributed by atoms with Gasteiger partial charge in [0, 0.05) is 44.8 Å². The number of rotatable bonds is 8. The molecule has 0 unspecified atom stereocenters. The van der Waals surface area contributed by atoms with Crippen LogP contribution in [0.25, 0.3) is 11.3 Å². The molecule has 4 rings (SSSR count). The molecule has 194 valence electrons. The van der Waals surface area contributed by atoms with Gasteiger partial charge in [-0.1, -0.05) is 24.3 Å². The van der Waals surface area contributed by atoms with Crippen molar-refractivity contribution >= 4 is 17.8 Å². The highest BCUT2D eigenvalue weighted by Gasteiger charge is 2.25. The first-order valence-corrected chi connectivity index (χ1v) is 12.2. The van der Waals surface area contributed by atoms with Crippen LogP contribution < -0.4 is 15.0 Å². The largest absolute Gasteiger partial charge is 0.497 e. The number of anilines is 1. The highest BCUT2D eigenvalue weighted by atomic mass is 19.1. The van der Waals surface area contributed by atoms with E-state index >= 15 is 0 Å². The molecule has 1 aliphatic rings. The second-order valence-corrected chi connectivity index (χ2v) is 8.69. The highest BCUT2D eigenvalue weighted by molar-refractivity contribution is 5.84. The van der Waals surface area contributed by atoms with Gasteiger partial charge in [-0.15, -0.1) is 10.2 Å². The second-order valence-electron chi connectivity index (χ2n) is 8.69. The van der Waals surface area contributed by atoms with Crippen LogP contribution in [0.5, 0.6) is 5.75 Å². The third kappa shape index (κ3) is 6.72. The Balaban J connectivity index is 1.34. The quantitative estimate of drug-likeness (QED) is 0.505. The van der Waals surface area contributed by atoms with E-state index in [-0.39, 0.29) is 30.8 Å². The fraction of sp³-hybridized carbons (Fsp3) is 0.333. The van der Waals surface area contributed by atoms with E-state index in [1.54, 1.807) is 24.1 Å². The zero-order valence-corrected chi connectivity index (χ0v) is 21.1. The lowest BCUT2D eigenvalue weighted by atomic mass is 10.1. The first kappa shape index (κ1) is 25.9. The molecule has 2 heterocycles. The summed E-state index contributed by atoms with van der Waals surface area (Å²) < 4.78 is 18.5. The lowest BCUT2D eigenvalue weighted by Crippen LogP contribution is -2.52. The first-order chi connectivity index (χ1) is 18.0. The van der Waals surface area contributed by atoms with Gasteiger partial charge < -0.3 is 24.8 Å². The van der Waals surface area contributed by atoms with Gasteiger partial charge in [0.2, 0.25) is 5.91 Å². The van der Waals surface area contributed by atoms with E-state index in [1.165, 1.54) is 17.0 Å². The van der Waals surface area contributed by atoms with Gasteiger partial charge in [0.05, 0.1) is 12.8 Å². The first-order valence-electron chi connectivity index (χ1n) is 12.2. The Bertz CT molecular complexity index is 1200. The molecule has 0 spiro atoms. The molecule has 1 N–H and O–H groups in total. The van der Waals surface area contributed by atoms with Crippen molar-refractivity contribution in [3.8, 4) is 17.0 Å². The number of ether oxygens (including phenoxy) is 1. The number of carbonyl (C=O) groups is 2. The number of methoxy groups -OCH3 is 1. The van der Waals surface area contributed by atoms with Crippen LogP contribution in [0.4, 0.5) is 15.0 Å². The summed E-state index contributed by atoms with van der Waals surface area (Å²) in [6.07, 6.45) is 0. The molecule has 0 bridgehead atoms. The third-order valence-corrected chi connectivity index (χ3v) is 6.20. The third-order valence-electron chi connectivity index (χ3n) is 6.20. The molecule has 0 aliphatic carbocycles. The minimum Gasteiger partial charge on any atom is -0.497 e. The monoisotopic (exact) mass is 506 g/mol. The fourth-order valence-electron chi connectivity index (χ4n) is 4.15. The van der Waals surface area contributed by atoms with Gasteiger partial charge in [0.15, 0.2) is 5.82 Å². The van der Waals surface area contributed by atoms with Gasteiger partial charge in [0.25, 0.3) is 0 Å². The molecule has 3 aromatic rings. The molecule has 0 atom stereocenters.